The number of nitrogens with two attached hydrogens (primary N) is 2. The van der Waals surface area contributed by atoms with Crippen molar-refractivity contribution in [1.29, 1.82) is 0 Å². The average molecular weight is 687 g/mol. The van der Waals surface area contributed by atoms with Crippen LogP contribution in [-0.4, -0.2) is 84.0 Å². The van der Waals surface area contributed by atoms with E-state index in [1.54, 1.807) is 45.0 Å². The van der Waals surface area contributed by atoms with Gasteiger partial charge in [0.25, 0.3) is 0 Å². The van der Waals surface area contributed by atoms with Crippen LogP contribution in [0.25, 0.3) is 0 Å². The molecule has 0 saturated carbocycles. The Morgan fingerprint density at radius 2 is 1.54 bits per heavy atom. The molecule has 1 aliphatic heterocycles. The summed E-state index contributed by atoms with van der Waals surface area (Å²) in [5.74, 6) is -5.51. The molecule has 1 fully saturated rings. The number of carbonyl (C=O) groups excluding carboxylic acids is 5. The summed E-state index contributed by atoms with van der Waals surface area (Å²) in [6, 6.07) is 5.01. The van der Waals surface area contributed by atoms with Crippen molar-refractivity contribution in [3.05, 3.63) is 35.9 Å². The molecule has 0 radical (unpaired) electrons. The maximum atomic E-state index is 13.4. The third-order valence-electron chi connectivity index (χ3n) is 6.92. The lowest BCUT2D eigenvalue weighted by molar-refractivity contribution is -0.192. The van der Waals surface area contributed by atoms with Crippen LogP contribution in [0, 0.1) is 5.92 Å². The highest BCUT2D eigenvalue weighted by atomic mass is 19.4. The first-order valence-corrected chi connectivity index (χ1v) is 15.4. The summed E-state index contributed by atoms with van der Waals surface area (Å²) in [4.78, 5) is 78.4. The molecule has 1 aromatic carbocycles. The number of aliphatic carboxylic acids is 1. The van der Waals surface area contributed by atoms with Gasteiger partial charge in [-0.15, -0.1) is 0 Å². The van der Waals surface area contributed by atoms with Crippen LogP contribution in [0.1, 0.15) is 70.9 Å². The maximum absolute atomic E-state index is 13.4. The quantitative estimate of drug-likeness (QED) is 0.107. The van der Waals surface area contributed by atoms with Crippen LogP contribution in [0.2, 0.25) is 0 Å². The summed E-state index contributed by atoms with van der Waals surface area (Å²) in [5.41, 5.74) is 11.4. The minimum atomic E-state index is -5.08. The van der Waals surface area contributed by atoms with Gasteiger partial charge in [-0.1, -0.05) is 51.1 Å². The Morgan fingerprint density at radius 3 is 2.08 bits per heavy atom. The molecule has 1 saturated heterocycles. The molecule has 48 heavy (non-hydrogen) atoms. The summed E-state index contributed by atoms with van der Waals surface area (Å²) >= 11 is 0. The van der Waals surface area contributed by atoms with Crippen molar-refractivity contribution >= 4 is 41.5 Å². The summed E-state index contributed by atoms with van der Waals surface area (Å²) in [7, 11) is 0. The van der Waals surface area contributed by atoms with E-state index in [1.807, 2.05) is 6.07 Å². The van der Waals surface area contributed by atoms with Gasteiger partial charge in [-0.25, -0.2) is 4.79 Å². The summed E-state index contributed by atoms with van der Waals surface area (Å²) in [6.45, 7) is 5.71. The zero-order valence-electron chi connectivity index (χ0n) is 27.1. The molecule has 1 aromatic rings. The minimum Gasteiger partial charge on any atom is -0.475 e. The highest BCUT2D eigenvalue weighted by Crippen LogP contribution is 2.15. The minimum absolute atomic E-state index is 0.0901. The van der Waals surface area contributed by atoms with Gasteiger partial charge in [-0.05, 0) is 44.1 Å². The number of hydrogen-bond donors (Lipinski definition) is 8. The number of guanidine groups is 1. The second kappa shape index (κ2) is 20.4. The first kappa shape index (κ1) is 41.1. The number of nitrogens with zero attached hydrogens (tertiary/aromatic N) is 1. The van der Waals surface area contributed by atoms with E-state index in [0.29, 0.717) is 37.8 Å². The highest BCUT2D eigenvalue weighted by molar-refractivity contribution is 5.95. The van der Waals surface area contributed by atoms with Gasteiger partial charge in [0.05, 0.1) is 0 Å². The predicted molar refractivity (Wildman–Crippen MR) is 169 cm³/mol. The van der Waals surface area contributed by atoms with Gasteiger partial charge in [0.2, 0.25) is 29.5 Å². The van der Waals surface area contributed by atoms with Crippen molar-refractivity contribution in [1.82, 2.24) is 26.6 Å². The molecule has 0 aliphatic carbocycles. The van der Waals surface area contributed by atoms with Gasteiger partial charge >= 0.3 is 12.1 Å². The van der Waals surface area contributed by atoms with Crippen LogP contribution in [0.4, 0.5) is 13.2 Å². The number of amides is 5. The van der Waals surface area contributed by atoms with E-state index in [9.17, 15) is 37.1 Å². The number of carboxylic acid groups (broad SMARTS) is 1. The Bertz CT molecular complexity index is 1270. The molecule has 1 aliphatic rings. The zero-order valence-corrected chi connectivity index (χ0v) is 27.1. The van der Waals surface area contributed by atoms with Crippen LogP contribution in [0.15, 0.2) is 35.3 Å². The molecule has 18 heteroatoms. The van der Waals surface area contributed by atoms with Crippen LogP contribution >= 0.6 is 0 Å². The van der Waals surface area contributed by atoms with E-state index < -0.39 is 59.9 Å². The zero-order chi connectivity index (χ0) is 36.4. The van der Waals surface area contributed by atoms with Gasteiger partial charge in [-0.3, -0.25) is 29.0 Å². The van der Waals surface area contributed by atoms with Crippen molar-refractivity contribution in [3.8, 4) is 0 Å². The van der Waals surface area contributed by atoms with Crippen LogP contribution in [0.5, 0.6) is 0 Å². The predicted octanol–water partition coefficient (Wildman–Crippen LogP) is 0.351. The lowest BCUT2D eigenvalue weighted by atomic mass is 10.0. The number of carboxylic acids is 1. The van der Waals surface area contributed by atoms with Gasteiger partial charge in [0, 0.05) is 19.0 Å². The number of hydrogen-bond acceptors (Lipinski definition) is 7. The van der Waals surface area contributed by atoms with Crippen molar-refractivity contribution in [2.45, 2.75) is 89.6 Å². The summed E-state index contributed by atoms with van der Waals surface area (Å²) < 4.78 is 31.7. The fourth-order valence-electron chi connectivity index (χ4n) is 4.25. The van der Waals surface area contributed by atoms with Crippen molar-refractivity contribution in [2.24, 2.45) is 22.4 Å². The topological polar surface area (TPSA) is 247 Å². The first-order valence-electron chi connectivity index (χ1n) is 15.4. The molecule has 0 unspecified atom stereocenters. The molecule has 268 valence electrons. The number of halogens is 3. The number of alkyl halides is 3. The molecule has 1 heterocycles. The van der Waals surface area contributed by atoms with E-state index in [4.69, 9.17) is 21.4 Å². The number of benzene rings is 1. The Kier molecular flexibility index (Phi) is 17.4. The summed E-state index contributed by atoms with van der Waals surface area (Å²) in [5, 5.41) is 21.0. The molecular formula is C30H45F3N8O7. The normalized spacial score (nSPS) is 21.3. The number of nitrogens with one attached hydrogen (secondary N) is 5. The first-order chi connectivity index (χ1) is 22.5. The van der Waals surface area contributed by atoms with E-state index in [1.165, 1.54) is 0 Å². The monoisotopic (exact) mass is 686 g/mol. The molecule has 10 N–H and O–H groups in total. The molecule has 5 amide bonds. The highest BCUT2D eigenvalue weighted by Gasteiger charge is 2.38. The largest absolute Gasteiger partial charge is 0.490 e. The van der Waals surface area contributed by atoms with Gasteiger partial charge in [-0.2, -0.15) is 13.2 Å². The maximum Gasteiger partial charge on any atom is 0.490 e. The number of aliphatic imine (C=N–C) groups is 1. The second-order valence-electron chi connectivity index (χ2n) is 11.1. The van der Waals surface area contributed by atoms with Gasteiger partial charge < -0.3 is 43.2 Å². The smallest absolute Gasteiger partial charge is 0.475 e. The Hall–Kier alpha value is -4.90. The Balaban J connectivity index is 0.00000148. The molecular weight excluding hydrogens is 641 g/mol. The van der Waals surface area contributed by atoms with Crippen LogP contribution in [0.3, 0.4) is 0 Å². The van der Waals surface area contributed by atoms with E-state index >= 15 is 0 Å². The van der Waals surface area contributed by atoms with Crippen LogP contribution in [-0.2, 0) is 28.8 Å². The molecule has 0 aromatic heterocycles. The van der Waals surface area contributed by atoms with Gasteiger partial charge in [0.1, 0.15) is 24.2 Å². The standard InChI is InChI=1S/C28H44N8O5.C2HF3O2/c1-4-19-24(38)36-22(18-11-6-5-7-12-18)27(41)31-15-9-8-13-20(34-23(37)17(2)3)26(40)35-21(25(39)33-19)14-10-16-32-28(29)30;3-2(4,5)1(6)7/h5-7,11-12,17,19-22H,4,8-10,13-16H2,1-3H3,(H,31,41)(H,33,39)(H,34,37)(H,35,40)(H,36,38)(H4,29,30,32);(H,6,7)/t19-,20+,21-,22+;/m0./s1. The van der Waals surface area contributed by atoms with Gasteiger partial charge in [0.15, 0.2) is 5.96 Å². The fraction of sp³-hybridized carbons (Fsp3) is 0.567. The van der Waals surface area contributed by atoms with E-state index in [2.05, 4.69) is 31.6 Å². The lowest BCUT2D eigenvalue weighted by Gasteiger charge is -2.27. The summed E-state index contributed by atoms with van der Waals surface area (Å²) in [6.07, 6.45) is -2.94. The number of rotatable bonds is 8. The van der Waals surface area contributed by atoms with Crippen LogP contribution < -0.4 is 38.1 Å². The molecule has 2 rings (SSSR count). The Morgan fingerprint density at radius 1 is 0.958 bits per heavy atom. The third-order valence-corrected chi connectivity index (χ3v) is 6.92. The third kappa shape index (κ3) is 15.1. The average Bonchev–Trinajstić information content (AvgIpc) is 3.02. The SMILES string of the molecule is CC[C@@H]1NC(=O)[C@H](CCCN=C(N)N)NC(=O)[C@H](NC(=O)C(C)C)CCCCNC(=O)[C@@H](c2ccccc2)NC1=O.O=C(O)C(F)(F)F. The van der Waals surface area contributed by atoms with E-state index in [-0.39, 0.29) is 37.2 Å². The van der Waals surface area contributed by atoms with Crippen molar-refractivity contribution < 1.29 is 47.0 Å². The Labute approximate surface area is 276 Å². The van der Waals surface area contributed by atoms with E-state index in [0.717, 1.165) is 0 Å². The second-order valence-corrected chi connectivity index (χ2v) is 11.1. The van der Waals surface area contributed by atoms with Crippen molar-refractivity contribution in [2.75, 3.05) is 13.1 Å². The van der Waals surface area contributed by atoms with Crippen molar-refractivity contribution in [3.63, 3.8) is 0 Å². The molecule has 4 atom stereocenters. The lowest BCUT2D eigenvalue weighted by Crippen LogP contribution is -2.57. The molecule has 0 bridgehead atoms. The molecule has 15 nitrogen and oxygen atoms in total. The number of carbonyl (C=O) groups is 6. The fourth-order valence-corrected chi connectivity index (χ4v) is 4.25. The molecule has 0 spiro atoms.